The number of thioether (sulfide) groups is 1. The molecule has 2 fully saturated rings. The van der Waals surface area contributed by atoms with Gasteiger partial charge in [-0.05, 0) is 25.1 Å². The van der Waals surface area contributed by atoms with Gasteiger partial charge in [0.15, 0.2) is 23.2 Å². The van der Waals surface area contributed by atoms with Crippen molar-refractivity contribution in [2.24, 2.45) is 5.16 Å². The number of nitrogens with two attached hydrogens (primary N) is 1. The first-order valence-electron chi connectivity index (χ1n) is 12.3. The summed E-state index contributed by atoms with van der Waals surface area (Å²) < 4.78 is 14.0. The SMILES string of the molecule is CC(=O)Oc1ccc(C(=O)OC[C@]2(C)S[C@@H]3[C@H](NC(=O)/C=N\OCc4csc(N)n4)C(=O)N3[C@H]2C(=O)[O-])cc1OC(C)=O.[Na+]. The molecule has 2 saturated heterocycles. The van der Waals surface area contributed by atoms with Gasteiger partial charge in [0.1, 0.15) is 24.2 Å². The molecule has 2 amide bonds. The van der Waals surface area contributed by atoms with Crippen molar-refractivity contribution >= 4 is 70.1 Å². The number of carboxylic acid groups (broad SMARTS) is 1. The summed E-state index contributed by atoms with van der Waals surface area (Å²) in [6.07, 6.45) is 0.819. The summed E-state index contributed by atoms with van der Waals surface area (Å²) in [4.78, 5) is 82.9. The summed E-state index contributed by atoms with van der Waals surface area (Å²) in [7, 11) is 0. The Kier molecular flexibility index (Phi) is 11.4. The number of carbonyl (C=O) groups is 6. The van der Waals surface area contributed by atoms with Crippen LogP contribution < -0.4 is 55.2 Å². The third-order valence-electron chi connectivity index (χ3n) is 6.05. The first kappa shape index (κ1) is 34.8. The minimum Gasteiger partial charge on any atom is -0.548 e. The predicted octanol–water partition coefficient (Wildman–Crippen LogP) is -3.78. The number of ether oxygens (including phenoxy) is 3. The largest absolute Gasteiger partial charge is 1.00 e. The number of oxime groups is 1. The van der Waals surface area contributed by atoms with Crippen molar-refractivity contribution in [3.63, 3.8) is 0 Å². The molecule has 0 saturated carbocycles. The second-order valence-corrected chi connectivity index (χ2v) is 11.9. The van der Waals surface area contributed by atoms with Crippen molar-refractivity contribution in [3.05, 3.63) is 34.8 Å². The Morgan fingerprint density at radius 2 is 1.86 bits per heavy atom. The van der Waals surface area contributed by atoms with Gasteiger partial charge >= 0.3 is 47.5 Å². The van der Waals surface area contributed by atoms with E-state index in [4.69, 9.17) is 24.8 Å². The fourth-order valence-electron chi connectivity index (χ4n) is 4.30. The second-order valence-electron chi connectivity index (χ2n) is 9.38. The van der Waals surface area contributed by atoms with Gasteiger partial charge in [-0.3, -0.25) is 19.2 Å². The van der Waals surface area contributed by atoms with Gasteiger partial charge in [0.2, 0.25) is 5.91 Å². The van der Waals surface area contributed by atoms with Crippen molar-refractivity contribution in [1.82, 2.24) is 15.2 Å². The number of nitrogens with one attached hydrogen (secondary N) is 1. The van der Waals surface area contributed by atoms with E-state index in [2.05, 4.69) is 15.5 Å². The molecule has 3 heterocycles. The average molecular weight is 658 g/mol. The summed E-state index contributed by atoms with van der Waals surface area (Å²) in [5.74, 6) is -5.66. The number of aliphatic carboxylic acids is 1. The maximum atomic E-state index is 12.8. The van der Waals surface area contributed by atoms with Crippen molar-refractivity contribution in [3.8, 4) is 11.5 Å². The van der Waals surface area contributed by atoms with E-state index in [0.717, 1.165) is 42.8 Å². The number of carbonyl (C=O) groups excluding carboxylic acids is 6. The Balaban J connectivity index is 0.00000529. The molecule has 4 rings (SSSR count). The third kappa shape index (κ3) is 7.86. The van der Waals surface area contributed by atoms with Gasteiger partial charge in [-0.1, -0.05) is 5.16 Å². The molecule has 16 nitrogen and oxygen atoms in total. The molecule has 0 radical (unpaired) electrons. The third-order valence-corrected chi connectivity index (χ3v) is 8.39. The van der Waals surface area contributed by atoms with Crippen LogP contribution in [0.15, 0.2) is 28.7 Å². The first-order valence-corrected chi connectivity index (χ1v) is 14.1. The quantitative estimate of drug-likeness (QED) is 0.0590. The second kappa shape index (κ2) is 14.4. The number of nitrogens with zero attached hydrogens (tertiary/aromatic N) is 3. The fraction of sp³-hybridized carbons (Fsp3) is 0.360. The number of hydrogen-bond donors (Lipinski definition) is 2. The number of β-lactam (4-membered cyclic amide) rings is 1. The minimum absolute atomic E-state index is 0. The van der Waals surface area contributed by atoms with E-state index in [1.54, 1.807) is 5.38 Å². The van der Waals surface area contributed by atoms with E-state index < -0.39 is 64.5 Å². The van der Waals surface area contributed by atoms with Gasteiger partial charge in [0, 0.05) is 19.2 Å². The van der Waals surface area contributed by atoms with Crippen molar-refractivity contribution in [1.29, 1.82) is 0 Å². The van der Waals surface area contributed by atoms with E-state index in [0.29, 0.717) is 10.8 Å². The number of esters is 3. The van der Waals surface area contributed by atoms with Crippen LogP contribution in [0.25, 0.3) is 0 Å². The number of benzene rings is 1. The number of amides is 2. The van der Waals surface area contributed by atoms with Gasteiger partial charge in [-0.15, -0.1) is 23.1 Å². The predicted molar refractivity (Wildman–Crippen MR) is 147 cm³/mol. The van der Waals surface area contributed by atoms with Crippen LogP contribution in [0.3, 0.4) is 0 Å². The van der Waals surface area contributed by atoms with E-state index in [1.165, 1.54) is 30.4 Å². The van der Waals surface area contributed by atoms with Gasteiger partial charge in [0.25, 0.3) is 5.91 Å². The number of carboxylic acids is 1. The van der Waals surface area contributed by atoms with Crippen molar-refractivity contribution < 1.29 is 82.5 Å². The molecule has 4 atom stereocenters. The maximum Gasteiger partial charge on any atom is 1.00 e. The number of thiazole rings is 1. The summed E-state index contributed by atoms with van der Waals surface area (Å²) in [6, 6.07) is 1.05. The van der Waals surface area contributed by atoms with Crippen LogP contribution in [0.1, 0.15) is 36.8 Å². The normalized spacial score (nSPS) is 21.8. The molecule has 2 aliphatic rings. The molecular weight excluding hydrogens is 633 g/mol. The van der Waals surface area contributed by atoms with Crippen LogP contribution in [0.2, 0.25) is 0 Å². The van der Waals surface area contributed by atoms with Crippen LogP contribution in [0.4, 0.5) is 5.13 Å². The molecule has 1 aromatic heterocycles. The van der Waals surface area contributed by atoms with Gasteiger partial charge in [-0.2, -0.15) is 0 Å². The molecule has 0 unspecified atom stereocenters. The molecule has 3 N–H and O–H groups in total. The standard InChI is InChI=1S/C25H25N5O11S2.Na/c1-11(31)40-15-5-4-13(6-16(15)41-12(2)32)23(37)38-10-25(3)19(22(35)36)30-20(34)18(21(30)43-25)29-17(33)7-27-39-8-14-9-42-24(26)28-14;/h4-7,9,18-19,21H,8,10H2,1-3H3,(H2,26,28)(H,29,33)(H,35,36);/q;+1/p-1/b27-7-;/t18-,19+,21-,25+;/m1./s1. The summed E-state index contributed by atoms with van der Waals surface area (Å²) in [5, 5.41) is 19.3. The van der Waals surface area contributed by atoms with E-state index in [9.17, 15) is 33.9 Å². The molecule has 2 aromatic rings. The number of nitrogen functional groups attached to an aromatic ring is 1. The fourth-order valence-corrected chi connectivity index (χ4v) is 6.52. The van der Waals surface area contributed by atoms with Crippen LogP contribution in [0.5, 0.6) is 11.5 Å². The average Bonchev–Trinajstić information content (AvgIpc) is 3.47. The summed E-state index contributed by atoms with van der Waals surface area (Å²) in [6.45, 7) is 3.23. The smallest absolute Gasteiger partial charge is 0.548 e. The topological polar surface area (TPSA) is 229 Å². The first-order chi connectivity index (χ1) is 20.3. The van der Waals surface area contributed by atoms with Gasteiger partial charge < -0.3 is 44.9 Å². The molecular formula is C25H24N5NaO11S2. The van der Waals surface area contributed by atoms with E-state index in [-0.39, 0.29) is 53.2 Å². The Morgan fingerprint density at radius 3 is 2.48 bits per heavy atom. The molecule has 2 aliphatic heterocycles. The zero-order valence-corrected chi connectivity index (χ0v) is 27.4. The molecule has 44 heavy (non-hydrogen) atoms. The maximum absolute atomic E-state index is 12.8. The van der Waals surface area contributed by atoms with Crippen molar-refractivity contribution in [2.75, 3.05) is 12.3 Å². The number of anilines is 1. The Morgan fingerprint density at radius 1 is 1.18 bits per heavy atom. The molecule has 228 valence electrons. The number of hydrogen-bond acceptors (Lipinski definition) is 16. The Labute approximate surface area is 279 Å². The summed E-state index contributed by atoms with van der Waals surface area (Å²) in [5.41, 5.74) is 5.95. The zero-order chi connectivity index (χ0) is 31.5. The van der Waals surface area contributed by atoms with Crippen LogP contribution in [0, 0.1) is 0 Å². The Hall–Kier alpha value is -3.71. The number of fused-ring (bicyclic) bond motifs is 1. The molecule has 19 heteroatoms. The van der Waals surface area contributed by atoms with E-state index >= 15 is 0 Å². The Bertz CT molecular complexity index is 1520. The van der Waals surface area contributed by atoms with Crippen molar-refractivity contribution in [2.45, 2.75) is 49.6 Å². The number of rotatable bonds is 11. The molecule has 0 aliphatic carbocycles. The molecule has 0 bridgehead atoms. The molecule has 0 spiro atoms. The van der Waals surface area contributed by atoms with Gasteiger partial charge in [-0.25, -0.2) is 9.78 Å². The molecule has 1 aromatic carbocycles. The summed E-state index contributed by atoms with van der Waals surface area (Å²) >= 11 is 2.22. The van der Waals surface area contributed by atoms with Gasteiger partial charge in [0.05, 0.1) is 28.0 Å². The van der Waals surface area contributed by atoms with Crippen LogP contribution in [-0.4, -0.2) is 80.6 Å². The monoisotopic (exact) mass is 657 g/mol. The number of aromatic nitrogens is 1. The minimum atomic E-state index is -1.58. The van der Waals surface area contributed by atoms with E-state index in [1.807, 2.05) is 0 Å². The van der Waals surface area contributed by atoms with Crippen LogP contribution in [-0.2, 0) is 40.2 Å². The van der Waals surface area contributed by atoms with Crippen LogP contribution >= 0.6 is 23.1 Å². The zero-order valence-electron chi connectivity index (χ0n) is 23.8.